The second-order valence-corrected chi connectivity index (χ2v) is 11.3. The van der Waals surface area contributed by atoms with E-state index >= 15 is 0 Å². The van der Waals surface area contributed by atoms with E-state index in [1.807, 2.05) is 26.8 Å². The molecule has 37 heavy (non-hydrogen) atoms. The van der Waals surface area contributed by atoms with Gasteiger partial charge in [0.25, 0.3) is 17.7 Å². The third kappa shape index (κ3) is 6.17. The van der Waals surface area contributed by atoms with Gasteiger partial charge in [0.15, 0.2) is 6.61 Å². The molecule has 0 spiro atoms. The van der Waals surface area contributed by atoms with Gasteiger partial charge in [-0.15, -0.1) is 0 Å². The Morgan fingerprint density at radius 2 is 1.97 bits per heavy atom. The van der Waals surface area contributed by atoms with Crippen LogP contribution in [0, 0.1) is 0 Å². The molecule has 4 rings (SSSR count). The highest BCUT2D eigenvalue weighted by atomic mass is 32.2. The van der Waals surface area contributed by atoms with E-state index in [-0.39, 0.29) is 30.4 Å². The van der Waals surface area contributed by atoms with Crippen molar-refractivity contribution in [3.8, 4) is 5.75 Å². The highest BCUT2D eigenvalue weighted by molar-refractivity contribution is 8.26. The van der Waals surface area contributed by atoms with Crippen molar-refractivity contribution in [1.82, 2.24) is 10.6 Å². The normalized spacial score (nSPS) is 16.4. The van der Waals surface area contributed by atoms with Crippen LogP contribution >= 0.6 is 24.0 Å². The van der Waals surface area contributed by atoms with E-state index in [0.717, 1.165) is 5.56 Å². The number of hydrogen-bond donors (Lipinski definition) is 3. The lowest BCUT2D eigenvalue weighted by molar-refractivity contribution is -0.135. The number of rotatable bonds is 6. The minimum atomic E-state index is -1.14. The lowest BCUT2D eigenvalue weighted by Crippen LogP contribution is -2.38. The molecule has 0 saturated carbocycles. The summed E-state index contributed by atoms with van der Waals surface area (Å²) < 4.78 is 6.01. The Bertz CT molecular complexity index is 1360. The van der Waals surface area contributed by atoms with E-state index < -0.39 is 18.4 Å². The zero-order chi connectivity index (χ0) is 26.9. The molecular weight excluding hydrogens is 514 g/mol. The van der Waals surface area contributed by atoms with Gasteiger partial charge in [-0.25, -0.2) is 0 Å². The van der Waals surface area contributed by atoms with Crippen LogP contribution < -0.4 is 20.3 Å². The highest BCUT2D eigenvalue weighted by Crippen LogP contribution is 2.36. The van der Waals surface area contributed by atoms with Gasteiger partial charge < -0.3 is 25.4 Å². The molecule has 1 saturated heterocycles. The lowest BCUT2D eigenvalue weighted by atomic mass is 9.85. The number of anilines is 1. The predicted molar refractivity (Wildman–Crippen MR) is 145 cm³/mol. The molecule has 0 atom stereocenters. The number of carboxylic acids is 1. The topological polar surface area (TPSA) is 125 Å². The van der Waals surface area contributed by atoms with Gasteiger partial charge in [0.05, 0.1) is 17.1 Å². The van der Waals surface area contributed by atoms with Gasteiger partial charge in [-0.05, 0) is 52.4 Å². The highest BCUT2D eigenvalue weighted by Gasteiger charge is 2.28. The van der Waals surface area contributed by atoms with E-state index in [2.05, 4.69) is 10.6 Å². The number of thiocarbonyl (C=S) groups is 1. The number of ether oxygens (including phenoxy) is 1. The van der Waals surface area contributed by atoms with E-state index in [1.54, 1.807) is 41.3 Å². The summed E-state index contributed by atoms with van der Waals surface area (Å²) in [5, 5.41) is 13.9. The molecule has 2 aliphatic rings. The van der Waals surface area contributed by atoms with Crippen LogP contribution in [0.1, 0.15) is 47.8 Å². The van der Waals surface area contributed by atoms with Crippen LogP contribution in [0.2, 0.25) is 0 Å². The molecule has 2 aromatic carbocycles. The summed E-state index contributed by atoms with van der Waals surface area (Å²) in [5.41, 5.74) is 2.81. The van der Waals surface area contributed by atoms with Crippen molar-refractivity contribution in [1.29, 1.82) is 0 Å². The fraction of sp³-hybridized carbons (Fsp3) is 0.269. The minimum Gasteiger partial charge on any atom is -0.482 e. The Balaban J connectivity index is 1.69. The molecule has 0 unspecified atom stereocenters. The zero-order valence-corrected chi connectivity index (χ0v) is 22.0. The summed E-state index contributed by atoms with van der Waals surface area (Å²) in [6.45, 7) is 5.54. The number of carboxylic acid groups (broad SMARTS) is 1. The molecule has 3 N–H and O–H groups in total. The number of benzene rings is 2. The zero-order valence-electron chi connectivity index (χ0n) is 20.4. The predicted octanol–water partition coefficient (Wildman–Crippen LogP) is 3.21. The van der Waals surface area contributed by atoms with Crippen LogP contribution in [0.15, 0.2) is 41.3 Å². The SMILES string of the molecule is CC(C)(C)c1cc(CN2C(=O)COc3ccc(/C=C4/SC(=S)NC4=O)cc32)cc(C(=O)NCC(=O)O)c1. The van der Waals surface area contributed by atoms with Gasteiger partial charge in [-0.1, -0.05) is 56.9 Å². The lowest BCUT2D eigenvalue weighted by Gasteiger charge is -2.30. The van der Waals surface area contributed by atoms with Crippen molar-refractivity contribution in [3.05, 3.63) is 63.6 Å². The van der Waals surface area contributed by atoms with Crippen LogP contribution in [0.3, 0.4) is 0 Å². The molecule has 2 aliphatic heterocycles. The number of thioether (sulfide) groups is 1. The Kier molecular flexibility index (Phi) is 7.37. The number of nitrogens with one attached hydrogen (secondary N) is 2. The summed E-state index contributed by atoms with van der Waals surface area (Å²) in [5.74, 6) is -1.67. The number of carbonyl (C=O) groups is 4. The molecule has 1 fully saturated rings. The molecule has 2 aromatic rings. The molecule has 192 valence electrons. The average molecular weight is 540 g/mol. The molecule has 11 heteroatoms. The summed E-state index contributed by atoms with van der Waals surface area (Å²) in [7, 11) is 0. The summed E-state index contributed by atoms with van der Waals surface area (Å²) in [6, 6.07) is 10.6. The van der Waals surface area contributed by atoms with Crippen LogP contribution in [-0.4, -0.2) is 46.3 Å². The number of carbonyl (C=O) groups excluding carboxylic acids is 3. The molecule has 0 aliphatic carbocycles. The first-order valence-corrected chi connectivity index (χ1v) is 12.6. The third-order valence-electron chi connectivity index (χ3n) is 5.73. The summed E-state index contributed by atoms with van der Waals surface area (Å²) >= 11 is 6.22. The first-order chi connectivity index (χ1) is 17.4. The molecule has 0 radical (unpaired) electrons. The number of hydrogen-bond acceptors (Lipinski definition) is 7. The number of aliphatic carboxylic acids is 1. The molecular formula is C26H25N3O6S2. The number of amides is 3. The van der Waals surface area contributed by atoms with Crippen molar-refractivity contribution < 1.29 is 29.0 Å². The van der Waals surface area contributed by atoms with Crippen LogP contribution in [0.25, 0.3) is 6.08 Å². The second-order valence-electron chi connectivity index (χ2n) is 9.59. The summed E-state index contributed by atoms with van der Waals surface area (Å²) in [4.78, 5) is 50.6. The smallest absolute Gasteiger partial charge is 0.322 e. The minimum absolute atomic E-state index is 0.134. The van der Waals surface area contributed by atoms with E-state index in [4.69, 9.17) is 22.1 Å². The quantitative estimate of drug-likeness (QED) is 0.378. The number of nitrogens with zero attached hydrogens (tertiary/aromatic N) is 1. The van der Waals surface area contributed by atoms with Gasteiger partial charge in [-0.2, -0.15) is 0 Å². The first-order valence-electron chi connectivity index (χ1n) is 11.4. The fourth-order valence-electron chi connectivity index (χ4n) is 3.84. The molecule has 2 heterocycles. The Morgan fingerprint density at radius 3 is 2.62 bits per heavy atom. The standard InChI is InChI=1S/C26H25N3O6S2/c1-26(2,3)17-7-15(6-16(10-17)23(33)27-11-22(31)32)12-29-18-8-14(4-5-19(18)35-13-21(29)30)9-20-24(34)28-25(36)37-20/h4-10H,11-13H2,1-3H3,(H,27,33)(H,31,32)(H,28,34,36)/b20-9+. The largest absolute Gasteiger partial charge is 0.482 e. The van der Waals surface area contributed by atoms with Gasteiger partial charge in [0, 0.05) is 5.56 Å². The maximum Gasteiger partial charge on any atom is 0.322 e. The van der Waals surface area contributed by atoms with Gasteiger partial charge >= 0.3 is 5.97 Å². The summed E-state index contributed by atoms with van der Waals surface area (Å²) in [6.07, 6.45) is 1.70. The van der Waals surface area contributed by atoms with Gasteiger partial charge in [0.1, 0.15) is 16.6 Å². The van der Waals surface area contributed by atoms with E-state index in [0.29, 0.717) is 37.4 Å². The van der Waals surface area contributed by atoms with Crippen LogP contribution in [-0.2, 0) is 26.3 Å². The Labute approximate surface area is 223 Å². The Hall–Kier alpha value is -3.70. The monoisotopic (exact) mass is 539 g/mol. The maximum absolute atomic E-state index is 12.9. The van der Waals surface area contributed by atoms with Crippen molar-refractivity contribution in [2.75, 3.05) is 18.1 Å². The third-order valence-corrected chi connectivity index (χ3v) is 6.89. The average Bonchev–Trinajstić information content (AvgIpc) is 3.14. The molecule has 9 nitrogen and oxygen atoms in total. The molecule has 0 aromatic heterocycles. The van der Waals surface area contributed by atoms with Gasteiger partial charge in [-0.3, -0.25) is 19.2 Å². The molecule has 0 bridgehead atoms. The molecule has 3 amide bonds. The van der Waals surface area contributed by atoms with Crippen molar-refractivity contribution in [3.63, 3.8) is 0 Å². The van der Waals surface area contributed by atoms with Crippen LogP contribution in [0.5, 0.6) is 5.75 Å². The fourth-order valence-corrected chi connectivity index (χ4v) is 4.89. The van der Waals surface area contributed by atoms with E-state index in [1.165, 1.54) is 11.8 Å². The van der Waals surface area contributed by atoms with Crippen molar-refractivity contribution in [2.45, 2.75) is 32.7 Å². The maximum atomic E-state index is 12.9. The van der Waals surface area contributed by atoms with Crippen molar-refractivity contribution in [2.24, 2.45) is 0 Å². The van der Waals surface area contributed by atoms with Gasteiger partial charge in [0.2, 0.25) is 0 Å². The Morgan fingerprint density at radius 1 is 1.22 bits per heavy atom. The number of fused-ring (bicyclic) bond motifs is 1. The first kappa shape index (κ1) is 26.4. The van der Waals surface area contributed by atoms with E-state index in [9.17, 15) is 19.2 Å². The van der Waals surface area contributed by atoms with Crippen molar-refractivity contribution >= 4 is 63.8 Å². The second kappa shape index (κ2) is 10.3. The van der Waals surface area contributed by atoms with Crippen LogP contribution in [0.4, 0.5) is 5.69 Å².